The normalized spacial score (nSPS) is 15.0. The van der Waals surface area contributed by atoms with E-state index in [-0.39, 0.29) is 5.97 Å². The van der Waals surface area contributed by atoms with E-state index in [9.17, 15) is 9.90 Å². The van der Waals surface area contributed by atoms with Crippen LogP contribution in [0.5, 0.6) is 0 Å². The smallest absolute Gasteiger partial charge is 0.309 e. The Labute approximate surface area is 147 Å². The molecule has 0 spiro atoms. The molecule has 0 aromatic carbocycles. The maximum Gasteiger partial charge on any atom is 0.309 e. The van der Waals surface area contributed by atoms with E-state index in [0.29, 0.717) is 19.4 Å². The lowest BCUT2D eigenvalue weighted by Crippen LogP contribution is -2.25. The van der Waals surface area contributed by atoms with Crippen molar-refractivity contribution in [3.05, 3.63) is 0 Å². The summed E-state index contributed by atoms with van der Waals surface area (Å²) in [6.07, 6.45) is 14.3. The molecule has 0 aromatic heterocycles. The van der Waals surface area contributed by atoms with E-state index in [1.54, 1.807) is 6.34 Å². The highest BCUT2D eigenvalue weighted by Gasteiger charge is 2.13. The fourth-order valence-electron chi connectivity index (χ4n) is 2.90. The molecule has 0 amide bonds. The van der Waals surface area contributed by atoms with Crippen LogP contribution in [0.1, 0.15) is 84.0 Å². The second-order valence-electron chi connectivity index (χ2n) is 6.72. The van der Waals surface area contributed by atoms with E-state index in [1.807, 2.05) is 4.90 Å². The summed E-state index contributed by atoms with van der Waals surface area (Å²) in [5.74, 6) is -0.324. The van der Waals surface area contributed by atoms with Crippen molar-refractivity contribution in [3.8, 4) is 0 Å². The molecule has 1 aliphatic heterocycles. The van der Waals surface area contributed by atoms with Crippen LogP contribution in [0.3, 0.4) is 0 Å². The van der Waals surface area contributed by atoms with Crippen LogP contribution in [0.25, 0.3) is 0 Å². The minimum Gasteiger partial charge on any atom is -0.436 e. The Morgan fingerprint density at radius 1 is 1.12 bits per heavy atom. The zero-order valence-corrected chi connectivity index (χ0v) is 15.4. The molecule has 1 heterocycles. The first-order valence-corrected chi connectivity index (χ1v) is 9.84. The molecule has 1 rings (SSSR count). The third-order valence-electron chi connectivity index (χ3n) is 4.44. The summed E-state index contributed by atoms with van der Waals surface area (Å²) in [6.45, 7) is 4.53. The van der Waals surface area contributed by atoms with Crippen molar-refractivity contribution in [1.82, 2.24) is 4.90 Å². The molecule has 0 radical (unpaired) electrons. The Bertz CT molecular complexity index is 348. The third kappa shape index (κ3) is 11.4. The first-order chi connectivity index (χ1) is 11.7. The highest BCUT2D eigenvalue weighted by atomic mass is 16.6. The Hall–Kier alpha value is -1.10. The van der Waals surface area contributed by atoms with Gasteiger partial charge < -0.3 is 14.7 Å². The van der Waals surface area contributed by atoms with Gasteiger partial charge in [0.05, 0.1) is 19.3 Å². The summed E-state index contributed by atoms with van der Waals surface area (Å²) in [6, 6.07) is 0. The highest BCUT2D eigenvalue weighted by Crippen LogP contribution is 2.12. The minimum absolute atomic E-state index is 0.307. The van der Waals surface area contributed by atoms with Crippen molar-refractivity contribution in [2.75, 3.05) is 19.6 Å². The number of aliphatic hydroxyl groups excluding tert-OH is 1. The highest BCUT2D eigenvalue weighted by molar-refractivity contribution is 5.70. The van der Waals surface area contributed by atoms with E-state index >= 15 is 0 Å². The van der Waals surface area contributed by atoms with E-state index in [4.69, 9.17) is 4.74 Å². The number of rotatable bonds is 15. The molecule has 0 saturated heterocycles. The molecule has 0 aliphatic carbocycles. The predicted octanol–water partition coefficient (Wildman–Crippen LogP) is 3.89. The lowest BCUT2D eigenvalue weighted by atomic mass is 10.1. The Morgan fingerprint density at radius 3 is 2.33 bits per heavy atom. The number of carbonyl (C=O) groups excluding carboxylic acids is 1. The molecule has 24 heavy (non-hydrogen) atoms. The lowest BCUT2D eigenvalue weighted by Gasteiger charge is -2.15. The summed E-state index contributed by atoms with van der Waals surface area (Å²) >= 11 is 0. The van der Waals surface area contributed by atoms with Gasteiger partial charge in [0.15, 0.2) is 0 Å². The lowest BCUT2D eigenvalue weighted by molar-refractivity contribution is -0.168. The molecule has 0 saturated carbocycles. The van der Waals surface area contributed by atoms with Crippen molar-refractivity contribution in [3.63, 3.8) is 0 Å². The summed E-state index contributed by atoms with van der Waals surface area (Å²) in [5, 5.41) is 9.75. The average Bonchev–Trinajstić information content (AvgIpc) is 3.08. The fourth-order valence-corrected chi connectivity index (χ4v) is 2.90. The number of nitrogens with zero attached hydrogens (tertiary/aromatic N) is 2. The molecule has 1 N–H and O–H groups in total. The SMILES string of the molecule is CCCCCCCCCCCCC(O)OC(=O)CCN1C=NCC1. The van der Waals surface area contributed by atoms with Gasteiger partial charge in [-0.15, -0.1) is 0 Å². The second kappa shape index (κ2) is 14.3. The van der Waals surface area contributed by atoms with Crippen LogP contribution in [0.15, 0.2) is 4.99 Å². The van der Waals surface area contributed by atoms with Crippen molar-refractivity contribution in [2.24, 2.45) is 4.99 Å². The number of hydrogen-bond donors (Lipinski definition) is 1. The Kier molecular flexibility index (Phi) is 12.4. The van der Waals surface area contributed by atoms with Crippen LogP contribution in [0.2, 0.25) is 0 Å². The maximum absolute atomic E-state index is 11.6. The topological polar surface area (TPSA) is 62.1 Å². The number of carbonyl (C=O) groups is 1. The average molecular weight is 341 g/mol. The van der Waals surface area contributed by atoms with Crippen molar-refractivity contribution in [1.29, 1.82) is 0 Å². The van der Waals surface area contributed by atoms with Gasteiger partial charge in [0.2, 0.25) is 6.29 Å². The number of aliphatic imine (C=N–C) groups is 1. The minimum atomic E-state index is -0.946. The summed E-state index contributed by atoms with van der Waals surface area (Å²) in [7, 11) is 0. The van der Waals surface area contributed by atoms with Gasteiger partial charge in [-0.05, 0) is 6.42 Å². The van der Waals surface area contributed by atoms with Gasteiger partial charge in [-0.25, -0.2) is 0 Å². The van der Waals surface area contributed by atoms with E-state index in [2.05, 4.69) is 11.9 Å². The molecule has 0 aromatic rings. The number of ether oxygens (including phenoxy) is 1. The van der Waals surface area contributed by atoms with Gasteiger partial charge in [0.1, 0.15) is 0 Å². The van der Waals surface area contributed by atoms with E-state index in [0.717, 1.165) is 25.9 Å². The standard InChI is InChI=1S/C19H36N2O3/c1-2-3-4-5-6-7-8-9-10-11-12-18(22)24-19(23)13-15-21-16-14-20-17-21/h17-18,22H,2-16H2,1H3. The van der Waals surface area contributed by atoms with Gasteiger partial charge >= 0.3 is 5.97 Å². The number of hydrogen-bond acceptors (Lipinski definition) is 5. The predicted molar refractivity (Wildman–Crippen MR) is 98.1 cm³/mol. The molecule has 5 nitrogen and oxygen atoms in total. The Balaban J connectivity index is 1.86. The van der Waals surface area contributed by atoms with Crippen LogP contribution in [-0.2, 0) is 9.53 Å². The number of unbranched alkanes of at least 4 members (excludes halogenated alkanes) is 9. The first-order valence-electron chi connectivity index (χ1n) is 9.84. The molecule has 1 atom stereocenters. The fraction of sp³-hybridized carbons (Fsp3) is 0.895. The Morgan fingerprint density at radius 2 is 1.75 bits per heavy atom. The molecule has 140 valence electrons. The van der Waals surface area contributed by atoms with Gasteiger partial charge in [-0.2, -0.15) is 0 Å². The van der Waals surface area contributed by atoms with Gasteiger partial charge in [0.25, 0.3) is 0 Å². The van der Waals surface area contributed by atoms with Crippen LogP contribution in [0, 0.1) is 0 Å². The zero-order valence-electron chi connectivity index (χ0n) is 15.4. The summed E-state index contributed by atoms with van der Waals surface area (Å²) < 4.78 is 5.04. The maximum atomic E-state index is 11.6. The molecule has 5 heteroatoms. The molecule has 1 unspecified atom stereocenters. The second-order valence-corrected chi connectivity index (χ2v) is 6.72. The molecule has 1 aliphatic rings. The summed E-state index contributed by atoms with van der Waals surface area (Å²) in [5.41, 5.74) is 0. The third-order valence-corrected chi connectivity index (χ3v) is 4.44. The summed E-state index contributed by atoms with van der Waals surface area (Å²) in [4.78, 5) is 17.7. The monoisotopic (exact) mass is 340 g/mol. The van der Waals surface area contributed by atoms with Crippen molar-refractivity contribution < 1.29 is 14.6 Å². The van der Waals surface area contributed by atoms with Crippen molar-refractivity contribution in [2.45, 2.75) is 90.3 Å². The van der Waals surface area contributed by atoms with Gasteiger partial charge in [-0.1, -0.05) is 64.7 Å². The molecule has 0 fully saturated rings. The van der Waals surface area contributed by atoms with Crippen LogP contribution in [0.4, 0.5) is 0 Å². The van der Waals surface area contributed by atoms with Crippen LogP contribution >= 0.6 is 0 Å². The molecular weight excluding hydrogens is 304 g/mol. The quantitative estimate of drug-likeness (QED) is 0.279. The van der Waals surface area contributed by atoms with E-state index in [1.165, 1.54) is 51.4 Å². The number of esters is 1. The first kappa shape index (κ1) is 20.9. The zero-order chi connectivity index (χ0) is 17.5. The van der Waals surface area contributed by atoms with Gasteiger partial charge in [0, 0.05) is 19.5 Å². The largest absolute Gasteiger partial charge is 0.436 e. The number of aliphatic hydroxyl groups is 1. The molecule has 0 bridgehead atoms. The van der Waals surface area contributed by atoms with Crippen LogP contribution in [-0.4, -0.2) is 48.2 Å². The van der Waals surface area contributed by atoms with Crippen LogP contribution < -0.4 is 0 Å². The van der Waals surface area contributed by atoms with Crippen molar-refractivity contribution >= 4 is 12.3 Å². The van der Waals surface area contributed by atoms with Gasteiger partial charge in [-0.3, -0.25) is 9.79 Å². The van der Waals surface area contributed by atoms with E-state index < -0.39 is 6.29 Å². The molecular formula is C19H36N2O3.